The number of halogens is 2. The molecule has 142 valence electrons. The summed E-state index contributed by atoms with van der Waals surface area (Å²) in [6, 6.07) is 10.5. The van der Waals surface area contributed by atoms with E-state index in [-0.39, 0.29) is 28.4 Å². The van der Waals surface area contributed by atoms with Crippen molar-refractivity contribution in [1.29, 1.82) is 0 Å². The molecule has 0 radical (unpaired) electrons. The van der Waals surface area contributed by atoms with Crippen molar-refractivity contribution in [2.75, 3.05) is 16.8 Å². The number of rotatable bonds is 3. The van der Waals surface area contributed by atoms with Gasteiger partial charge in [-0.2, -0.15) is 0 Å². The summed E-state index contributed by atoms with van der Waals surface area (Å²) in [4.78, 5) is 40.9. The third kappa shape index (κ3) is 3.43. The number of pyridine rings is 1. The number of hydrogen-bond donors (Lipinski definition) is 2. The Labute approximate surface area is 167 Å². The molecule has 0 atom stereocenters. The van der Waals surface area contributed by atoms with Crippen LogP contribution in [0, 0.1) is 5.82 Å². The van der Waals surface area contributed by atoms with Crippen molar-refractivity contribution in [2.24, 2.45) is 0 Å². The first kappa shape index (κ1) is 18.4. The van der Waals surface area contributed by atoms with Crippen LogP contribution in [0.25, 0.3) is 10.9 Å². The van der Waals surface area contributed by atoms with E-state index in [0.29, 0.717) is 30.3 Å². The standard InChI is InChI=1S/C20H15BrFN3O3/c21-11-3-5-15-13(8-11)18(26)10-16(24-15)20(28)23-12-4-6-17(14(22)9-12)25-7-1-2-19(25)27/h3-6,8-10H,1-2,7H2,(H,23,28)(H,24,26). The van der Waals surface area contributed by atoms with E-state index in [2.05, 4.69) is 26.2 Å². The summed E-state index contributed by atoms with van der Waals surface area (Å²) in [5, 5.41) is 3.02. The third-order valence-corrected chi connectivity index (χ3v) is 5.10. The second-order valence-electron chi connectivity index (χ2n) is 6.51. The Balaban J connectivity index is 1.59. The molecule has 2 amide bonds. The number of H-pyrrole nitrogens is 1. The summed E-state index contributed by atoms with van der Waals surface area (Å²) >= 11 is 3.31. The molecule has 2 aromatic carbocycles. The van der Waals surface area contributed by atoms with Gasteiger partial charge in [-0.15, -0.1) is 0 Å². The van der Waals surface area contributed by atoms with E-state index in [1.165, 1.54) is 23.1 Å². The first-order valence-corrected chi connectivity index (χ1v) is 9.45. The van der Waals surface area contributed by atoms with Gasteiger partial charge in [-0.1, -0.05) is 15.9 Å². The van der Waals surface area contributed by atoms with Gasteiger partial charge >= 0.3 is 0 Å². The fourth-order valence-corrected chi connectivity index (χ4v) is 3.61. The molecule has 0 bridgehead atoms. The Morgan fingerprint density at radius 2 is 1.96 bits per heavy atom. The first-order valence-electron chi connectivity index (χ1n) is 8.66. The van der Waals surface area contributed by atoms with E-state index in [0.717, 1.165) is 10.5 Å². The number of carbonyl (C=O) groups is 2. The molecule has 4 rings (SSSR count). The van der Waals surface area contributed by atoms with Crippen LogP contribution >= 0.6 is 15.9 Å². The number of benzene rings is 2. The number of amides is 2. The summed E-state index contributed by atoms with van der Waals surface area (Å²) in [6.07, 6.45) is 1.10. The van der Waals surface area contributed by atoms with E-state index >= 15 is 0 Å². The second kappa shape index (κ2) is 7.20. The van der Waals surface area contributed by atoms with Gasteiger partial charge in [-0.05, 0) is 42.8 Å². The van der Waals surface area contributed by atoms with Crippen molar-refractivity contribution in [1.82, 2.24) is 4.98 Å². The molecule has 3 aromatic rings. The average Bonchev–Trinajstić information content (AvgIpc) is 3.08. The SMILES string of the molecule is O=C(Nc1ccc(N2CCCC2=O)c(F)c1)c1cc(=O)c2cc(Br)ccc2[nH]1. The Morgan fingerprint density at radius 3 is 2.68 bits per heavy atom. The molecule has 0 saturated carbocycles. The molecular weight excluding hydrogens is 429 g/mol. The number of aromatic amines is 1. The third-order valence-electron chi connectivity index (χ3n) is 4.61. The number of nitrogens with zero attached hydrogens (tertiary/aromatic N) is 1. The molecule has 1 aromatic heterocycles. The quantitative estimate of drug-likeness (QED) is 0.645. The van der Waals surface area contributed by atoms with Gasteiger partial charge < -0.3 is 15.2 Å². The van der Waals surface area contributed by atoms with Gasteiger partial charge in [0.2, 0.25) is 5.91 Å². The average molecular weight is 444 g/mol. The Bertz CT molecular complexity index is 1180. The van der Waals surface area contributed by atoms with Gasteiger partial charge in [-0.3, -0.25) is 14.4 Å². The van der Waals surface area contributed by atoms with E-state index in [4.69, 9.17) is 0 Å². The van der Waals surface area contributed by atoms with Crippen LogP contribution in [0.1, 0.15) is 23.3 Å². The van der Waals surface area contributed by atoms with Gasteiger partial charge in [0.25, 0.3) is 5.91 Å². The van der Waals surface area contributed by atoms with Gasteiger partial charge in [0.05, 0.1) is 5.69 Å². The number of hydrogen-bond acceptors (Lipinski definition) is 3. The van der Waals surface area contributed by atoms with Crippen molar-refractivity contribution < 1.29 is 14.0 Å². The zero-order chi connectivity index (χ0) is 19.8. The van der Waals surface area contributed by atoms with Crippen LogP contribution in [-0.2, 0) is 4.79 Å². The molecule has 2 N–H and O–H groups in total. The second-order valence-corrected chi connectivity index (χ2v) is 7.42. The summed E-state index contributed by atoms with van der Waals surface area (Å²) in [6.45, 7) is 0.482. The summed E-state index contributed by atoms with van der Waals surface area (Å²) in [5.74, 6) is -1.27. The molecule has 1 saturated heterocycles. The van der Waals surface area contributed by atoms with Crippen LogP contribution in [0.5, 0.6) is 0 Å². The number of anilines is 2. The Kier molecular flexibility index (Phi) is 4.72. The maximum Gasteiger partial charge on any atom is 0.272 e. The predicted molar refractivity (Wildman–Crippen MR) is 108 cm³/mol. The molecule has 1 aliphatic rings. The fourth-order valence-electron chi connectivity index (χ4n) is 3.25. The highest BCUT2D eigenvalue weighted by molar-refractivity contribution is 9.10. The largest absolute Gasteiger partial charge is 0.350 e. The number of aromatic nitrogens is 1. The normalized spacial score (nSPS) is 13.9. The van der Waals surface area contributed by atoms with Crippen molar-refractivity contribution in [2.45, 2.75) is 12.8 Å². The lowest BCUT2D eigenvalue weighted by Gasteiger charge is -2.17. The number of carbonyl (C=O) groups excluding carboxylic acids is 2. The summed E-state index contributed by atoms with van der Waals surface area (Å²) in [5.41, 5.74) is 0.725. The zero-order valence-corrected chi connectivity index (χ0v) is 16.2. The predicted octanol–water partition coefficient (Wildman–Crippen LogP) is 3.81. The molecule has 8 heteroatoms. The molecule has 2 heterocycles. The lowest BCUT2D eigenvalue weighted by molar-refractivity contribution is -0.117. The van der Waals surface area contributed by atoms with Crippen LogP contribution < -0.4 is 15.6 Å². The smallest absolute Gasteiger partial charge is 0.272 e. The number of fused-ring (bicyclic) bond motifs is 1. The minimum atomic E-state index is -0.593. The number of nitrogens with one attached hydrogen (secondary N) is 2. The lowest BCUT2D eigenvalue weighted by Crippen LogP contribution is -2.24. The lowest BCUT2D eigenvalue weighted by atomic mass is 10.2. The van der Waals surface area contributed by atoms with E-state index in [1.807, 2.05) is 0 Å². The highest BCUT2D eigenvalue weighted by Crippen LogP contribution is 2.27. The minimum Gasteiger partial charge on any atom is -0.350 e. The molecule has 6 nitrogen and oxygen atoms in total. The zero-order valence-electron chi connectivity index (χ0n) is 14.6. The van der Waals surface area contributed by atoms with Crippen LogP contribution in [0.15, 0.2) is 51.7 Å². The monoisotopic (exact) mass is 443 g/mol. The molecule has 1 aliphatic heterocycles. The van der Waals surface area contributed by atoms with E-state index in [9.17, 15) is 18.8 Å². The van der Waals surface area contributed by atoms with Gasteiger partial charge in [-0.25, -0.2) is 4.39 Å². The highest BCUT2D eigenvalue weighted by atomic mass is 79.9. The van der Waals surface area contributed by atoms with Gasteiger partial charge in [0.15, 0.2) is 5.43 Å². The van der Waals surface area contributed by atoms with Crippen LogP contribution in [0.2, 0.25) is 0 Å². The van der Waals surface area contributed by atoms with E-state index < -0.39 is 11.7 Å². The van der Waals surface area contributed by atoms with Gasteiger partial charge in [0.1, 0.15) is 11.5 Å². The van der Waals surface area contributed by atoms with Crippen molar-refractivity contribution >= 4 is 50.0 Å². The summed E-state index contributed by atoms with van der Waals surface area (Å²) in [7, 11) is 0. The fraction of sp³-hybridized carbons (Fsp3) is 0.150. The van der Waals surface area contributed by atoms with Crippen molar-refractivity contribution in [3.8, 4) is 0 Å². The van der Waals surface area contributed by atoms with Crippen LogP contribution in [0.3, 0.4) is 0 Å². The van der Waals surface area contributed by atoms with Gasteiger partial charge in [0, 0.05) is 40.1 Å². The minimum absolute atomic E-state index is 0.0685. The topological polar surface area (TPSA) is 82.3 Å². The molecule has 0 unspecified atom stereocenters. The highest BCUT2D eigenvalue weighted by Gasteiger charge is 2.24. The molecule has 1 fully saturated rings. The maximum absolute atomic E-state index is 14.4. The van der Waals surface area contributed by atoms with Crippen molar-refractivity contribution in [3.05, 3.63) is 68.7 Å². The molecule has 0 spiro atoms. The molecule has 0 aliphatic carbocycles. The molecular formula is C20H15BrFN3O3. The summed E-state index contributed by atoms with van der Waals surface area (Å²) < 4.78 is 15.2. The van der Waals surface area contributed by atoms with E-state index in [1.54, 1.807) is 18.2 Å². The van der Waals surface area contributed by atoms with Crippen molar-refractivity contribution in [3.63, 3.8) is 0 Å². The van der Waals surface area contributed by atoms with Crippen LogP contribution in [0.4, 0.5) is 15.8 Å². The Hall–Kier alpha value is -3.00. The van der Waals surface area contributed by atoms with Crippen LogP contribution in [-0.4, -0.2) is 23.3 Å². The molecule has 28 heavy (non-hydrogen) atoms. The maximum atomic E-state index is 14.4. The first-order chi connectivity index (χ1) is 13.4. The Morgan fingerprint density at radius 1 is 1.14 bits per heavy atom.